The summed E-state index contributed by atoms with van der Waals surface area (Å²) < 4.78 is 6.90. The first-order chi connectivity index (χ1) is 13.2. The molecule has 27 heavy (non-hydrogen) atoms. The third-order valence-corrected chi connectivity index (χ3v) is 4.79. The van der Waals surface area contributed by atoms with Crippen molar-refractivity contribution in [2.75, 3.05) is 6.54 Å². The summed E-state index contributed by atoms with van der Waals surface area (Å²) in [5.41, 5.74) is 1.02. The lowest BCUT2D eigenvalue weighted by atomic mass is 10.1. The molecule has 0 atom stereocenters. The van der Waals surface area contributed by atoms with Gasteiger partial charge in [-0.15, -0.1) is 0 Å². The fraction of sp³-hybridized carbons (Fsp3) is 0.400. The van der Waals surface area contributed by atoms with Crippen molar-refractivity contribution in [2.45, 2.75) is 45.1 Å². The van der Waals surface area contributed by atoms with Crippen LogP contribution in [0, 0.1) is 0 Å². The van der Waals surface area contributed by atoms with Gasteiger partial charge in [-0.1, -0.05) is 36.7 Å². The van der Waals surface area contributed by atoms with E-state index in [2.05, 4.69) is 22.4 Å². The zero-order valence-corrected chi connectivity index (χ0v) is 15.3. The SMILES string of the molecule is CCCCNC(=O)Cn1c(=O)cc(-c2nc(C3CC3)no2)c2ccccc21. The molecular formula is C20H22N4O3. The fourth-order valence-corrected chi connectivity index (χ4v) is 3.13. The molecule has 3 aromatic rings. The Hall–Kier alpha value is -2.96. The smallest absolute Gasteiger partial charge is 0.258 e. The van der Waals surface area contributed by atoms with Gasteiger partial charge in [0.15, 0.2) is 5.82 Å². The van der Waals surface area contributed by atoms with Gasteiger partial charge in [-0.2, -0.15) is 4.98 Å². The Kier molecular flexibility index (Phi) is 4.75. The number of carbonyl (C=O) groups excluding carboxylic acids is 1. The molecule has 1 N–H and O–H groups in total. The number of fused-ring (bicyclic) bond motifs is 1. The molecule has 2 heterocycles. The number of benzene rings is 1. The lowest BCUT2D eigenvalue weighted by Gasteiger charge is -2.12. The Labute approximate surface area is 156 Å². The van der Waals surface area contributed by atoms with Crippen LogP contribution in [0.4, 0.5) is 0 Å². The van der Waals surface area contributed by atoms with Crippen LogP contribution in [0.3, 0.4) is 0 Å². The maximum Gasteiger partial charge on any atom is 0.258 e. The minimum Gasteiger partial charge on any atom is -0.355 e. The third kappa shape index (κ3) is 3.63. The zero-order chi connectivity index (χ0) is 18.8. The van der Waals surface area contributed by atoms with Crippen LogP contribution >= 0.6 is 0 Å². The van der Waals surface area contributed by atoms with Crippen LogP contribution in [0.15, 0.2) is 39.6 Å². The first-order valence-electron chi connectivity index (χ1n) is 9.40. The lowest BCUT2D eigenvalue weighted by molar-refractivity contribution is -0.121. The van der Waals surface area contributed by atoms with Gasteiger partial charge in [-0.05, 0) is 25.3 Å². The number of pyridine rings is 1. The standard InChI is InChI=1S/C20H22N4O3/c1-2-3-10-21-17(25)12-24-16-7-5-4-6-14(16)15(11-18(24)26)20-22-19(23-27-20)13-8-9-13/h4-7,11,13H,2-3,8-10,12H2,1H3,(H,21,25). The number of unbranched alkanes of at least 4 members (excludes halogenated alkanes) is 1. The first kappa shape index (κ1) is 17.5. The van der Waals surface area contributed by atoms with Crippen LogP contribution < -0.4 is 10.9 Å². The van der Waals surface area contributed by atoms with E-state index in [4.69, 9.17) is 4.52 Å². The number of nitrogens with one attached hydrogen (secondary N) is 1. The molecule has 0 spiro atoms. The van der Waals surface area contributed by atoms with Gasteiger partial charge in [0.2, 0.25) is 5.91 Å². The summed E-state index contributed by atoms with van der Waals surface area (Å²) >= 11 is 0. The molecule has 1 aliphatic rings. The summed E-state index contributed by atoms with van der Waals surface area (Å²) in [5, 5.41) is 7.71. The highest BCUT2D eigenvalue weighted by Crippen LogP contribution is 2.39. The van der Waals surface area contributed by atoms with Gasteiger partial charge in [0.1, 0.15) is 6.54 Å². The van der Waals surface area contributed by atoms with E-state index < -0.39 is 0 Å². The maximum absolute atomic E-state index is 12.7. The van der Waals surface area contributed by atoms with Gasteiger partial charge in [0, 0.05) is 23.9 Å². The van der Waals surface area contributed by atoms with Crippen molar-refractivity contribution < 1.29 is 9.32 Å². The number of carbonyl (C=O) groups is 1. The number of rotatable bonds is 7. The predicted octanol–water partition coefficient (Wildman–Crippen LogP) is 2.85. The van der Waals surface area contributed by atoms with Crippen LogP contribution in [0.1, 0.15) is 44.3 Å². The highest BCUT2D eigenvalue weighted by Gasteiger charge is 2.29. The average molecular weight is 366 g/mol. The zero-order valence-electron chi connectivity index (χ0n) is 15.3. The Balaban J connectivity index is 1.71. The average Bonchev–Trinajstić information content (AvgIpc) is 3.41. The lowest BCUT2D eigenvalue weighted by Crippen LogP contribution is -2.32. The second-order valence-electron chi connectivity index (χ2n) is 6.94. The van der Waals surface area contributed by atoms with Crippen molar-refractivity contribution in [2.24, 2.45) is 0 Å². The molecule has 1 amide bonds. The van der Waals surface area contributed by atoms with Gasteiger partial charge in [-0.25, -0.2) is 0 Å². The molecule has 1 saturated carbocycles. The van der Waals surface area contributed by atoms with Crippen LogP contribution in [0.5, 0.6) is 0 Å². The van der Waals surface area contributed by atoms with Crippen molar-refractivity contribution in [1.29, 1.82) is 0 Å². The van der Waals surface area contributed by atoms with E-state index in [9.17, 15) is 9.59 Å². The summed E-state index contributed by atoms with van der Waals surface area (Å²) in [6, 6.07) is 8.95. The molecule has 4 rings (SSSR count). The Morgan fingerprint density at radius 2 is 2.15 bits per heavy atom. The summed E-state index contributed by atoms with van der Waals surface area (Å²) in [6.07, 6.45) is 4.08. The van der Waals surface area contributed by atoms with Crippen molar-refractivity contribution in [3.8, 4) is 11.5 Å². The molecule has 0 unspecified atom stereocenters. The molecule has 1 aliphatic carbocycles. The maximum atomic E-state index is 12.7. The number of para-hydroxylation sites is 1. The van der Waals surface area contributed by atoms with Gasteiger partial charge in [-0.3, -0.25) is 14.2 Å². The van der Waals surface area contributed by atoms with Crippen molar-refractivity contribution in [3.63, 3.8) is 0 Å². The van der Waals surface area contributed by atoms with Crippen molar-refractivity contribution in [3.05, 3.63) is 46.5 Å². The van der Waals surface area contributed by atoms with Gasteiger partial charge in [0.25, 0.3) is 11.4 Å². The van der Waals surface area contributed by atoms with E-state index in [1.807, 2.05) is 24.3 Å². The molecule has 0 aliphatic heterocycles. The van der Waals surface area contributed by atoms with Crippen molar-refractivity contribution in [1.82, 2.24) is 20.0 Å². The summed E-state index contributed by atoms with van der Waals surface area (Å²) in [6.45, 7) is 2.67. The molecular weight excluding hydrogens is 344 g/mol. The van der Waals surface area contributed by atoms with E-state index in [1.165, 1.54) is 10.6 Å². The fourth-order valence-electron chi connectivity index (χ4n) is 3.13. The number of hydrogen-bond donors (Lipinski definition) is 1. The largest absolute Gasteiger partial charge is 0.355 e. The minimum atomic E-state index is -0.263. The van der Waals surface area contributed by atoms with E-state index in [1.54, 1.807) is 0 Å². The Morgan fingerprint density at radius 1 is 1.33 bits per heavy atom. The van der Waals surface area contributed by atoms with Crippen LogP contribution in [0.2, 0.25) is 0 Å². The second-order valence-corrected chi connectivity index (χ2v) is 6.94. The van der Waals surface area contributed by atoms with Crippen LogP contribution in [0.25, 0.3) is 22.4 Å². The molecule has 140 valence electrons. The quantitative estimate of drug-likeness (QED) is 0.650. The highest BCUT2D eigenvalue weighted by molar-refractivity contribution is 5.93. The summed E-state index contributed by atoms with van der Waals surface area (Å²) in [5.74, 6) is 1.26. The monoisotopic (exact) mass is 366 g/mol. The third-order valence-electron chi connectivity index (χ3n) is 4.79. The number of amides is 1. The number of nitrogens with zero attached hydrogens (tertiary/aromatic N) is 3. The van der Waals surface area contributed by atoms with Crippen LogP contribution in [-0.2, 0) is 11.3 Å². The van der Waals surface area contributed by atoms with Crippen molar-refractivity contribution >= 4 is 16.8 Å². The first-order valence-corrected chi connectivity index (χ1v) is 9.40. The molecule has 2 aromatic heterocycles. The topological polar surface area (TPSA) is 90.0 Å². The molecule has 7 heteroatoms. The molecule has 0 radical (unpaired) electrons. The second kappa shape index (κ2) is 7.34. The van der Waals surface area contributed by atoms with E-state index in [0.717, 1.165) is 31.1 Å². The normalized spacial score (nSPS) is 13.8. The van der Waals surface area contributed by atoms with Gasteiger partial charge < -0.3 is 9.84 Å². The summed E-state index contributed by atoms with van der Waals surface area (Å²) in [4.78, 5) is 29.4. The van der Waals surface area contributed by atoms with Gasteiger partial charge >= 0.3 is 0 Å². The van der Waals surface area contributed by atoms with E-state index in [0.29, 0.717) is 35.3 Å². The highest BCUT2D eigenvalue weighted by atomic mass is 16.5. The van der Waals surface area contributed by atoms with E-state index in [-0.39, 0.29) is 18.0 Å². The van der Waals surface area contributed by atoms with Crippen LogP contribution in [-0.4, -0.2) is 27.2 Å². The van der Waals surface area contributed by atoms with E-state index >= 15 is 0 Å². The number of aromatic nitrogens is 3. The molecule has 1 fully saturated rings. The molecule has 7 nitrogen and oxygen atoms in total. The molecule has 0 bridgehead atoms. The summed E-state index contributed by atoms with van der Waals surface area (Å²) in [7, 11) is 0. The Morgan fingerprint density at radius 3 is 2.93 bits per heavy atom. The van der Waals surface area contributed by atoms with Gasteiger partial charge in [0.05, 0.1) is 11.1 Å². The Bertz CT molecular complexity index is 1030. The predicted molar refractivity (Wildman–Crippen MR) is 101 cm³/mol. The number of hydrogen-bond acceptors (Lipinski definition) is 5. The minimum absolute atomic E-state index is 0.0134. The molecule has 1 aromatic carbocycles. The molecule has 0 saturated heterocycles.